The highest BCUT2D eigenvalue weighted by molar-refractivity contribution is 6.30. The van der Waals surface area contributed by atoms with Crippen LogP contribution >= 0.6 is 11.6 Å². The Kier molecular flexibility index (Phi) is 1.89. The maximum atomic E-state index is 5.89. The van der Waals surface area contributed by atoms with E-state index in [4.69, 9.17) is 11.6 Å². The Bertz CT molecular complexity index is 578. The van der Waals surface area contributed by atoms with E-state index in [2.05, 4.69) is 29.1 Å². The number of rotatable bonds is 0. The number of pyridine rings is 2. The highest BCUT2D eigenvalue weighted by atomic mass is 35.5. The van der Waals surface area contributed by atoms with Crippen LogP contribution in [0.3, 0.4) is 0 Å². The van der Waals surface area contributed by atoms with E-state index in [1.165, 1.54) is 5.56 Å². The molecule has 0 saturated carbocycles. The van der Waals surface area contributed by atoms with E-state index in [9.17, 15) is 0 Å². The molecule has 0 aromatic carbocycles. The van der Waals surface area contributed by atoms with Gasteiger partial charge in [0.25, 0.3) is 0 Å². The third-order valence-corrected chi connectivity index (χ3v) is 3.32. The zero-order chi connectivity index (χ0) is 11.3. The first kappa shape index (κ1) is 9.85. The smallest absolute Gasteiger partial charge is 0.130 e. The molecule has 0 aliphatic carbocycles. The fourth-order valence-corrected chi connectivity index (χ4v) is 2.46. The van der Waals surface area contributed by atoms with Crippen LogP contribution in [0.5, 0.6) is 0 Å². The van der Waals surface area contributed by atoms with Crippen LogP contribution in [0.2, 0.25) is 5.15 Å². The lowest BCUT2D eigenvalue weighted by Gasteiger charge is -2.18. The average Bonchev–Trinajstić information content (AvgIpc) is 2.55. The van der Waals surface area contributed by atoms with Crippen LogP contribution in [0.4, 0.5) is 5.82 Å². The molecule has 0 atom stereocenters. The predicted molar refractivity (Wildman–Crippen MR) is 66.1 cm³/mol. The van der Waals surface area contributed by atoms with Gasteiger partial charge in [-0.3, -0.25) is 0 Å². The minimum absolute atomic E-state index is 0.0946. The fraction of sp³-hybridized carbons (Fsp3) is 0.333. The molecule has 0 fully saturated rings. The van der Waals surface area contributed by atoms with Gasteiger partial charge in [-0.1, -0.05) is 25.4 Å². The van der Waals surface area contributed by atoms with Crippen molar-refractivity contribution in [2.75, 3.05) is 11.9 Å². The molecule has 0 radical (unpaired) electrons. The van der Waals surface area contributed by atoms with Crippen LogP contribution < -0.4 is 5.32 Å². The van der Waals surface area contributed by atoms with E-state index in [-0.39, 0.29) is 5.41 Å². The normalized spacial score (nSPS) is 17.2. The molecule has 0 saturated heterocycles. The van der Waals surface area contributed by atoms with Gasteiger partial charge in [-0.05, 0) is 6.07 Å². The molecule has 0 bridgehead atoms. The lowest BCUT2D eigenvalue weighted by molar-refractivity contribution is 0.590. The lowest BCUT2D eigenvalue weighted by atomic mass is 9.85. The second kappa shape index (κ2) is 3.08. The molecule has 3 nitrogen and oxygen atoms in total. The van der Waals surface area contributed by atoms with E-state index >= 15 is 0 Å². The number of anilines is 1. The summed E-state index contributed by atoms with van der Waals surface area (Å²) in [7, 11) is 0. The van der Waals surface area contributed by atoms with E-state index in [1.807, 2.05) is 18.5 Å². The lowest BCUT2D eigenvalue weighted by Crippen LogP contribution is -2.19. The van der Waals surface area contributed by atoms with Crippen LogP contribution in [0, 0.1) is 0 Å². The largest absolute Gasteiger partial charge is 0.369 e. The van der Waals surface area contributed by atoms with Crippen LogP contribution in [-0.2, 0) is 5.41 Å². The standard InChI is InChI=1S/C12H12ClN3/c1-12(2)6-16-11-10(12)8-5-14-9(13)3-7(8)4-15-11/h3-5H,6H2,1-2H3,(H,15,16). The van der Waals surface area contributed by atoms with E-state index in [0.29, 0.717) is 5.15 Å². The summed E-state index contributed by atoms with van der Waals surface area (Å²) in [6.07, 6.45) is 3.68. The van der Waals surface area contributed by atoms with Crippen LogP contribution in [-0.4, -0.2) is 16.5 Å². The van der Waals surface area contributed by atoms with Gasteiger partial charge in [0.15, 0.2) is 0 Å². The summed E-state index contributed by atoms with van der Waals surface area (Å²) in [6, 6.07) is 1.86. The monoisotopic (exact) mass is 233 g/mol. The Hall–Kier alpha value is -1.35. The summed E-state index contributed by atoms with van der Waals surface area (Å²) in [4.78, 5) is 8.59. The highest BCUT2D eigenvalue weighted by Crippen LogP contribution is 2.39. The number of fused-ring (bicyclic) bond motifs is 3. The molecule has 1 aliphatic rings. The molecule has 0 amide bonds. The molecule has 16 heavy (non-hydrogen) atoms. The summed E-state index contributed by atoms with van der Waals surface area (Å²) in [5.41, 5.74) is 1.34. The molecule has 3 rings (SSSR count). The number of hydrogen-bond acceptors (Lipinski definition) is 3. The van der Waals surface area contributed by atoms with E-state index in [1.54, 1.807) is 0 Å². The van der Waals surface area contributed by atoms with Gasteiger partial charge in [0.2, 0.25) is 0 Å². The maximum Gasteiger partial charge on any atom is 0.130 e. The van der Waals surface area contributed by atoms with Gasteiger partial charge in [0, 0.05) is 40.7 Å². The maximum absolute atomic E-state index is 5.89. The molecule has 2 aromatic rings. The summed E-state index contributed by atoms with van der Waals surface area (Å²) in [6.45, 7) is 5.33. The van der Waals surface area contributed by atoms with Crippen LogP contribution in [0.25, 0.3) is 10.8 Å². The molecule has 0 unspecified atom stereocenters. The van der Waals surface area contributed by atoms with Crippen molar-refractivity contribution in [3.05, 3.63) is 29.2 Å². The molecule has 2 aromatic heterocycles. The number of nitrogens with zero attached hydrogens (tertiary/aromatic N) is 2. The summed E-state index contributed by atoms with van der Waals surface area (Å²) in [5, 5.41) is 6.03. The Morgan fingerprint density at radius 2 is 2.12 bits per heavy atom. The van der Waals surface area contributed by atoms with Crippen molar-refractivity contribution in [1.82, 2.24) is 9.97 Å². The third kappa shape index (κ3) is 1.28. The van der Waals surface area contributed by atoms with Crippen molar-refractivity contribution in [2.24, 2.45) is 0 Å². The van der Waals surface area contributed by atoms with Crippen molar-refractivity contribution in [1.29, 1.82) is 0 Å². The average molecular weight is 234 g/mol. The van der Waals surface area contributed by atoms with Gasteiger partial charge < -0.3 is 5.32 Å². The van der Waals surface area contributed by atoms with Gasteiger partial charge in [0.1, 0.15) is 11.0 Å². The molecule has 0 spiro atoms. The summed E-state index contributed by atoms with van der Waals surface area (Å²) < 4.78 is 0. The van der Waals surface area contributed by atoms with Crippen molar-refractivity contribution >= 4 is 28.2 Å². The molecule has 3 heterocycles. The predicted octanol–water partition coefficient (Wildman–Crippen LogP) is 2.99. The minimum Gasteiger partial charge on any atom is -0.369 e. The van der Waals surface area contributed by atoms with Crippen molar-refractivity contribution in [3.63, 3.8) is 0 Å². The zero-order valence-corrected chi connectivity index (χ0v) is 9.97. The van der Waals surface area contributed by atoms with Crippen molar-refractivity contribution in [3.8, 4) is 0 Å². The second-order valence-electron chi connectivity index (χ2n) is 4.81. The van der Waals surface area contributed by atoms with Gasteiger partial charge in [-0.15, -0.1) is 0 Å². The summed E-state index contributed by atoms with van der Waals surface area (Å²) >= 11 is 5.89. The zero-order valence-electron chi connectivity index (χ0n) is 9.21. The number of halogens is 1. The Morgan fingerprint density at radius 1 is 1.31 bits per heavy atom. The Labute approximate surface area is 98.9 Å². The number of nitrogens with one attached hydrogen (secondary N) is 1. The van der Waals surface area contributed by atoms with Gasteiger partial charge in [-0.2, -0.15) is 0 Å². The first-order valence-corrected chi connectivity index (χ1v) is 5.64. The number of aromatic nitrogens is 2. The van der Waals surface area contributed by atoms with Crippen molar-refractivity contribution < 1.29 is 0 Å². The fourth-order valence-electron chi connectivity index (χ4n) is 2.30. The van der Waals surface area contributed by atoms with Crippen molar-refractivity contribution in [2.45, 2.75) is 19.3 Å². The third-order valence-electron chi connectivity index (χ3n) is 3.12. The Balaban J connectivity index is 2.40. The first-order valence-electron chi connectivity index (χ1n) is 5.26. The Morgan fingerprint density at radius 3 is 2.94 bits per heavy atom. The molecular weight excluding hydrogens is 222 g/mol. The van der Waals surface area contributed by atoms with Crippen LogP contribution in [0.15, 0.2) is 18.5 Å². The molecular formula is C12H12ClN3. The molecule has 1 aliphatic heterocycles. The topological polar surface area (TPSA) is 37.8 Å². The number of hydrogen-bond donors (Lipinski definition) is 1. The SMILES string of the molecule is CC1(C)CNc2ncc3cc(Cl)ncc3c21. The highest BCUT2D eigenvalue weighted by Gasteiger charge is 2.32. The van der Waals surface area contributed by atoms with E-state index < -0.39 is 0 Å². The molecule has 1 N–H and O–H groups in total. The van der Waals surface area contributed by atoms with Gasteiger partial charge in [-0.25, -0.2) is 9.97 Å². The second-order valence-corrected chi connectivity index (χ2v) is 5.20. The molecule has 4 heteroatoms. The quantitative estimate of drug-likeness (QED) is 0.711. The van der Waals surface area contributed by atoms with Gasteiger partial charge >= 0.3 is 0 Å². The van der Waals surface area contributed by atoms with E-state index in [0.717, 1.165) is 23.1 Å². The van der Waals surface area contributed by atoms with Crippen LogP contribution in [0.1, 0.15) is 19.4 Å². The summed E-state index contributed by atoms with van der Waals surface area (Å²) in [5.74, 6) is 0.974. The minimum atomic E-state index is 0.0946. The van der Waals surface area contributed by atoms with Gasteiger partial charge in [0.05, 0.1) is 0 Å². The molecule has 82 valence electrons. The first-order chi connectivity index (χ1) is 7.58.